The molecule has 20 heavy (non-hydrogen) atoms. The van der Waals surface area contributed by atoms with Gasteiger partial charge in [-0.3, -0.25) is 0 Å². The van der Waals surface area contributed by atoms with E-state index in [-0.39, 0.29) is 0 Å². The summed E-state index contributed by atoms with van der Waals surface area (Å²) < 4.78 is 0. The van der Waals surface area contributed by atoms with E-state index < -0.39 is 0 Å². The van der Waals surface area contributed by atoms with Crippen LogP contribution in [-0.2, 0) is 0 Å². The third kappa shape index (κ3) is 4.23. The summed E-state index contributed by atoms with van der Waals surface area (Å²) in [5.74, 6) is 4.77. The number of nitrogens with one attached hydrogen (secondary N) is 1. The quantitative estimate of drug-likeness (QED) is 0.724. The molecule has 0 aromatic heterocycles. The average Bonchev–Trinajstić information content (AvgIpc) is 2.46. The predicted molar refractivity (Wildman–Crippen MR) is 88.9 cm³/mol. The van der Waals surface area contributed by atoms with Gasteiger partial charge in [-0.05, 0) is 62.3 Å². The molecule has 2 aliphatic carbocycles. The molecule has 0 heterocycles. The van der Waals surface area contributed by atoms with Gasteiger partial charge in [-0.2, -0.15) is 0 Å². The molecule has 0 bridgehead atoms. The largest absolute Gasteiger partial charge is 0.317 e. The van der Waals surface area contributed by atoms with Gasteiger partial charge in [-0.1, -0.05) is 52.9 Å². The molecule has 0 aromatic carbocycles. The highest BCUT2D eigenvalue weighted by atomic mass is 14.9. The maximum Gasteiger partial charge on any atom is 0.00949 e. The van der Waals surface area contributed by atoms with Crippen molar-refractivity contribution in [1.29, 1.82) is 0 Å². The number of hydrogen-bond acceptors (Lipinski definition) is 1. The Morgan fingerprint density at radius 3 is 2.20 bits per heavy atom. The molecule has 118 valence electrons. The van der Waals surface area contributed by atoms with Crippen molar-refractivity contribution in [2.45, 2.75) is 84.6 Å². The van der Waals surface area contributed by atoms with Crippen LogP contribution in [0.2, 0.25) is 0 Å². The first kappa shape index (κ1) is 16.3. The Morgan fingerprint density at radius 1 is 0.950 bits per heavy atom. The lowest BCUT2D eigenvalue weighted by atomic mass is 9.70. The molecule has 0 amide bonds. The van der Waals surface area contributed by atoms with Crippen molar-refractivity contribution in [3.8, 4) is 0 Å². The van der Waals surface area contributed by atoms with Crippen LogP contribution in [0, 0.1) is 29.6 Å². The zero-order chi connectivity index (χ0) is 14.5. The summed E-state index contributed by atoms with van der Waals surface area (Å²) in [7, 11) is 2.19. The standard InChI is InChI=1S/C19H37N/c1-14-9-11-17(12-10-14)19(20-4)13-16(3)18-8-6-5-7-15(18)2/h14-20H,5-13H2,1-4H3. The molecule has 0 spiro atoms. The van der Waals surface area contributed by atoms with Crippen LogP contribution >= 0.6 is 0 Å². The van der Waals surface area contributed by atoms with Gasteiger partial charge >= 0.3 is 0 Å². The van der Waals surface area contributed by atoms with Gasteiger partial charge in [0.15, 0.2) is 0 Å². The van der Waals surface area contributed by atoms with Crippen molar-refractivity contribution in [3.05, 3.63) is 0 Å². The third-order valence-electron chi connectivity index (χ3n) is 6.53. The fourth-order valence-corrected chi connectivity index (χ4v) is 5.00. The highest BCUT2D eigenvalue weighted by Crippen LogP contribution is 2.39. The molecule has 0 radical (unpaired) electrons. The molecule has 1 nitrogen and oxygen atoms in total. The van der Waals surface area contributed by atoms with Crippen molar-refractivity contribution >= 4 is 0 Å². The van der Waals surface area contributed by atoms with E-state index in [1.807, 2.05) is 0 Å². The van der Waals surface area contributed by atoms with Crippen molar-refractivity contribution in [1.82, 2.24) is 5.32 Å². The SMILES string of the molecule is CNC(CC(C)C1CCCCC1C)C1CCC(C)CC1. The topological polar surface area (TPSA) is 12.0 Å². The van der Waals surface area contributed by atoms with E-state index in [2.05, 4.69) is 33.1 Å². The minimum Gasteiger partial charge on any atom is -0.317 e. The van der Waals surface area contributed by atoms with E-state index >= 15 is 0 Å². The summed E-state index contributed by atoms with van der Waals surface area (Å²) in [6, 6.07) is 0.770. The van der Waals surface area contributed by atoms with E-state index in [0.29, 0.717) is 0 Å². The Morgan fingerprint density at radius 2 is 1.60 bits per heavy atom. The summed E-state index contributed by atoms with van der Waals surface area (Å²) in [4.78, 5) is 0. The fourth-order valence-electron chi connectivity index (χ4n) is 5.00. The normalized spacial score (nSPS) is 38.4. The molecule has 2 saturated carbocycles. The van der Waals surface area contributed by atoms with Crippen molar-refractivity contribution in [2.75, 3.05) is 7.05 Å². The predicted octanol–water partition coefficient (Wildman–Crippen LogP) is 5.25. The molecule has 4 unspecified atom stereocenters. The second-order valence-electron chi connectivity index (χ2n) is 8.05. The van der Waals surface area contributed by atoms with Gasteiger partial charge in [0.25, 0.3) is 0 Å². The van der Waals surface area contributed by atoms with Crippen molar-refractivity contribution in [3.63, 3.8) is 0 Å². The zero-order valence-corrected chi connectivity index (χ0v) is 14.3. The molecule has 0 saturated heterocycles. The Hall–Kier alpha value is -0.0400. The van der Waals surface area contributed by atoms with Gasteiger partial charge in [0.05, 0.1) is 0 Å². The molecular weight excluding hydrogens is 242 g/mol. The summed E-state index contributed by atoms with van der Waals surface area (Å²) in [5.41, 5.74) is 0. The molecule has 0 aromatic rings. The van der Waals surface area contributed by atoms with Crippen LogP contribution < -0.4 is 5.32 Å². The first-order valence-electron chi connectivity index (χ1n) is 9.29. The maximum absolute atomic E-state index is 3.67. The third-order valence-corrected chi connectivity index (χ3v) is 6.53. The van der Waals surface area contributed by atoms with E-state index in [1.54, 1.807) is 0 Å². The summed E-state index contributed by atoms with van der Waals surface area (Å²) in [5, 5.41) is 3.67. The first-order chi connectivity index (χ1) is 9.61. The van der Waals surface area contributed by atoms with E-state index in [4.69, 9.17) is 0 Å². The lowest BCUT2D eigenvalue weighted by molar-refractivity contribution is 0.144. The molecular formula is C19H37N. The lowest BCUT2D eigenvalue weighted by Gasteiger charge is -2.38. The molecule has 1 N–H and O–H groups in total. The second kappa shape index (κ2) is 7.82. The van der Waals surface area contributed by atoms with E-state index in [0.717, 1.165) is 35.6 Å². The zero-order valence-electron chi connectivity index (χ0n) is 14.3. The number of rotatable bonds is 5. The van der Waals surface area contributed by atoms with E-state index in [1.165, 1.54) is 57.8 Å². The van der Waals surface area contributed by atoms with Gasteiger partial charge in [0, 0.05) is 6.04 Å². The van der Waals surface area contributed by atoms with E-state index in [9.17, 15) is 0 Å². The van der Waals surface area contributed by atoms with Crippen molar-refractivity contribution < 1.29 is 0 Å². The van der Waals surface area contributed by atoms with Crippen LogP contribution in [0.25, 0.3) is 0 Å². The summed E-state index contributed by atoms with van der Waals surface area (Å²) >= 11 is 0. The minimum atomic E-state index is 0.770. The Labute approximate surface area is 127 Å². The second-order valence-corrected chi connectivity index (χ2v) is 8.05. The van der Waals surface area contributed by atoms with Crippen LogP contribution in [0.15, 0.2) is 0 Å². The van der Waals surface area contributed by atoms with Crippen LogP contribution in [0.1, 0.15) is 78.6 Å². The molecule has 2 fully saturated rings. The molecule has 2 aliphatic rings. The fraction of sp³-hybridized carbons (Fsp3) is 1.00. The van der Waals surface area contributed by atoms with Crippen LogP contribution in [-0.4, -0.2) is 13.1 Å². The lowest BCUT2D eigenvalue weighted by Crippen LogP contribution is -2.39. The molecule has 2 rings (SSSR count). The minimum absolute atomic E-state index is 0.770. The first-order valence-corrected chi connectivity index (χ1v) is 9.29. The highest BCUT2D eigenvalue weighted by Gasteiger charge is 2.31. The highest BCUT2D eigenvalue weighted by molar-refractivity contribution is 4.85. The van der Waals surface area contributed by atoms with Crippen molar-refractivity contribution in [2.24, 2.45) is 29.6 Å². The molecule has 1 heteroatoms. The maximum atomic E-state index is 3.67. The Balaban J connectivity index is 1.85. The Kier molecular flexibility index (Phi) is 6.39. The van der Waals surface area contributed by atoms with Crippen LogP contribution in [0.3, 0.4) is 0 Å². The molecule has 4 atom stereocenters. The van der Waals surface area contributed by atoms with Gasteiger partial charge in [0.2, 0.25) is 0 Å². The monoisotopic (exact) mass is 279 g/mol. The smallest absolute Gasteiger partial charge is 0.00949 e. The number of hydrogen-bond donors (Lipinski definition) is 1. The average molecular weight is 280 g/mol. The summed E-state index contributed by atoms with van der Waals surface area (Å²) in [6.45, 7) is 7.45. The van der Waals surface area contributed by atoms with Crippen LogP contribution in [0.4, 0.5) is 0 Å². The van der Waals surface area contributed by atoms with Gasteiger partial charge in [-0.15, -0.1) is 0 Å². The molecule has 0 aliphatic heterocycles. The summed E-state index contributed by atoms with van der Waals surface area (Å²) in [6.07, 6.45) is 13.1. The Bertz CT molecular complexity index is 267. The van der Waals surface area contributed by atoms with Gasteiger partial charge < -0.3 is 5.32 Å². The van der Waals surface area contributed by atoms with Crippen LogP contribution in [0.5, 0.6) is 0 Å². The van der Waals surface area contributed by atoms with Gasteiger partial charge in [0.1, 0.15) is 0 Å². The van der Waals surface area contributed by atoms with Gasteiger partial charge in [-0.25, -0.2) is 0 Å².